The van der Waals surface area contributed by atoms with E-state index < -0.39 is 11.6 Å². The fraction of sp³-hybridized carbons (Fsp3) is 0.316. The molecule has 1 aliphatic heterocycles. The molecule has 0 bridgehead atoms. The van der Waals surface area contributed by atoms with E-state index in [4.69, 9.17) is 0 Å². The smallest absolute Gasteiger partial charge is 0.234 e. The second kappa shape index (κ2) is 6.55. The van der Waals surface area contributed by atoms with Gasteiger partial charge in [0, 0.05) is 12.6 Å². The molecule has 0 aliphatic carbocycles. The Morgan fingerprint density at radius 1 is 1.04 bits per heavy atom. The maximum absolute atomic E-state index is 13.4. The standard InChI is InChI=1S/C19H19F2NOS/c1-11-4-12(2)18(13(3)5-11)19-22(17(23)10-24-19)9-14-6-15(20)8-16(21)7-14/h4-8,19H,9-10H2,1-3H3. The SMILES string of the molecule is Cc1cc(C)c(C2SCC(=O)N2Cc2cc(F)cc(F)c2)c(C)c1. The number of carbonyl (C=O) groups excluding carboxylic acids is 1. The van der Waals surface area contributed by atoms with E-state index in [1.807, 2.05) is 20.8 Å². The zero-order valence-electron chi connectivity index (χ0n) is 13.9. The van der Waals surface area contributed by atoms with Crippen LogP contribution >= 0.6 is 11.8 Å². The molecule has 1 unspecified atom stereocenters. The molecule has 1 saturated heterocycles. The van der Waals surface area contributed by atoms with E-state index in [-0.39, 0.29) is 17.8 Å². The summed E-state index contributed by atoms with van der Waals surface area (Å²) in [6, 6.07) is 7.61. The molecule has 126 valence electrons. The number of hydrogen-bond donors (Lipinski definition) is 0. The van der Waals surface area contributed by atoms with Crippen LogP contribution in [0.25, 0.3) is 0 Å². The third-order valence-electron chi connectivity index (χ3n) is 4.23. The number of rotatable bonds is 3. The average Bonchev–Trinajstić information content (AvgIpc) is 2.78. The van der Waals surface area contributed by atoms with E-state index in [1.54, 1.807) is 16.7 Å². The van der Waals surface area contributed by atoms with E-state index in [1.165, 1.54) is 17.7 Å². The summed E-state index contributed by atoms with van der Waals surface area (Å²) in [6.07, 6.45) is 0. The summed E-state index contributed by atoms with van der Waals surface area (Å²) in [5.41, 5.74) is 5.04. The number of halogens is 2. The first-order valence-corrected chi connectivity index (χ1v) is 8.84. The van der Waals surface area contributed by atoms with Crippen molar-refractivity contribution in [3.8, 4) is 0 Å². The number of thioether (sulfide) groups is 1. The maximum Gasteiger partial charge on any atom is 0.234 e. The van der Waals surface area contributed by atoms with Crippen molar-refractivity contribution in [2.45, 2.75) is 32.7 Å². The molecule has 0 radical (unpaired) electrons. The van der Waals surface area contributed by atoms with Crippen LogP contribution in [0.2, 0.25) is 0 Å². The Bertz CT molecular complexity index is 763. The summed E-state index contributed by atoms with van der Waals surface area (Å²) in [4.78, 5) is 14.1. The summed E-state index contributed by atoms with van der Waals surface area (Å²) in [6.45, 7) is 6.33. The first-order valence-electron chi connectivity index (χ1n) is 7.79. The maximum atomic E-state index is 13.4. The summed E-state index contributed by atoms with van der Waals surface area (Å²) in [5.74, 6) is -0.865. The van der Waals surface area contributed by atoms with Gasteiger partial charge in [0.25, 0.3) is 0 Å². The molecule has 1 aliphatic rings. The zero-order valence-corrected chi connectivity index (χ0v) is 14.7. The highest BCUT2D eigenvalue weighted by Crippen LogP contribution is 2.42. The highest BCUT2D eigenvalue weighted by molar-refractivity contribution is 8.00. The van der Waals surface area contributed by atoms with Crippen LogP contribution < -0.4 is 0 Å². The number of carbonyl (C=O) groups is 1. The van der Waals surface area contributed by atoms with Crippen molar-refractivity contribution in [3.63, 3.8) is 0 Å². The van der Waals surface area contributed by atoms with Crippen LogP contribution in [-0.2, 0) is 11.3 Å². The zero-order chi connectivity index (χ0) is 17.4. The molecule has 2 nitrogen and oxygen atoms in total. The van der Waals surface area contributed by atoms with Gasteiger partial charge < -0.3 is 4.90 Å². The summed E-state index contributed by atoms with van der Waals surface area (Å²) in [7, 11) is 0. The van der Waals surface area contributed by atoms with Gasteiger partial charge in [-0.2, -0.15) is 0 Å². The van der Waals surface area contributed by atoms with Gasteiger partial charge in [0.15, 0.2) is 0 Å². The van der Waals surface area contributed by atoms with Gasteiger partial charge in [-0.05, 0) is 55.2 Å². The van der Waals surface area contributed by atoms with Crippen molar-refractivity contribution >= 4 is 17.7 Å². The molecular formula is C19H19F2NOS. The molecule has 0 N–H and O–H groups in total. The number of benzene rings is 2. The van der Waals surface area contributed by atoms with Gasteiger partial charge in [-0.3, -0.25) is 4.79 Å². The number of nitrogens with zero attached hydrogens (tertiary/aromatic N) is 1. The van der Waals surface area contributed by atoms with E-state index in [0.29, 0.717) is 11.3 Å². The molecule has 1 amide bonds. The molecule has 3 rings (SSSR count). The van der Waals surface area contributed by atoms with E-state index >= 15 is 0 Å². The van der Waals surface area contributed by atoms with Crippen LogP contribution in [0.1, 0.15) is 33.2 Å². The Balaban J connectivity index is 1.95. The predicted molar refractivity (Wildman–Crippen MR) is 92.8 cm³/mol. The third-order valence-corrected chi connectivity index (χ3v) is 5.45. The summed E-state index contributed by atoms with van der Waals surface area (Å²) < 4.78 is 26.9. The van der Waals surface area contributed by atoms with Gasteiger partial charge in [-0.1, -0.05) is 17.7 Å². The molecular weight excluding hydrogens is 328 g/mol. The Morgan fingerprint density at radius 2 is 1.62 bits per heavy atom. The minimum Gasteiger partial charge on any atom is -0.321 e. The van der Waals surface area contributed by atoms with Gasteiger partial charge in [-0.15, -0.1) is 11.8 Å². The van der Waals surface area contributed by atoms with Crippen LogP contribution in [0.15, 0.2) is 30.3 Å². The fourth-order valence-electron chi connectivity index (χ4n) is 3.34. The van der Waals surface area contributed by atoms with Crippen molar-refractivity contribution in [1.82, 2.24) is 4.90 Å². The van der Waals surface area contributed by atoms with Gasteiger partial charge in [0.1, 0.15) is 17.0 Å². The molecule has 0 spiro atoms. The predicted octanol–water partition coefficient (Wildman–Crippen LogP) is 4.66. The van der Waals surface area contributed by atoms with Crippen LogP contribution in [0.3, 0.4) is 0 Å². The van der Waals surface area contributed by atoms with Gasteiger partial charge in [0.2, 0.25) is 5.91 Å². The lowest BCUT2D eigenvalue weighted by atomic mass is 9.99. The van der Waals surface area contributed by atoms with Gasteiger partial charge in [-0.25, -0.2) is 8.78 Å². The normalized spacial score (nSPS) is 17.6. The first-order chi connectivity index (χ1) is 11.3. The molecule has 24 heavy (non-hydrogen) atoms. The number of amides is 1. The van der Waals surface area contributed by atoms with Crippen molar-refractivity contribution in [1.29, 1.82) is 0 Å². The van der Waals surface area contributed by atoms with Crippen molar-refractivity contribution in [2.75, 3.05) is 5.75 Å². The van der Waals surface area contributed by atoms with Crippen molar-refractivity contribution in [3.05, 3.63) is 69.8 Å². The lowest BCUT2D eigenvalue weighted by molar-refractivity contribution is -0.128. The highest BCUT2D eigenvalue weighted by Gasteiger charge is 2.34. The lowest BCUT2D eigenvalue weighted by Gasteiger charge is -2.27. The highest BCUT2D eigenvalue weighted by atomic mass is 32.2. The van der Waals surface area contributed by atoms with Crippen LogP contribution in [0.5, 0.6) is 0 Å². The molecule has 5 heteroatoms. The molecule has 1 heterocycles. The molecule has 1 atom stereocenters. The quantitative estimate of drug-likeness (QED) is 0.804. The Morgan fingerprint density at radius 3 is 2.21 bits per heavy atom. The molecule has 1 fully saturated rings. The Kier molecular flexibility index (Phi) is 4.63. The lowest BCUT2D eigenvalue weighted by Crippen LogP contribution is -2.28. The Hall–Kier alpha value is -1.88. The monoisotopic (exact) mass is 347 g/mol. The second-order valence-corrected chi connectivity index (χ2v) is 7.34. The van der Waals surface area contributed by atoms with E-state index in [2.05, 4.69) is 12.1 Å². The summed E-state index contributed by atoms with van der Waals surface area (Å²) in [5, 5.41) is -0.121. The Labute approximate surface area is 144 Å². The van der Waals surface area contributed by atoms with Crippen molar-refractivity contribution < 1.29 is 13.6 Å². The second-order valence-electron chi connectivity index (χ2n) is 6.28. The van der Waals surface area contributed by atoms with Crippen LogP contribution in [-0.4, -0.2) is 16.6 Å². The minimum absolute atomic E-state index is 0.00551. The molecule has 2 aromatic rings. The molecule has 0 aromatic heterocycles. The molecule has 0 saturated carbocycles. The van der Waals surface area contributed by atoms with E-state index in [9.17, 15) is 13.6 Å². The fourth-order valence-corrected chi connectivity index (χ4v) is 4.72. The van der Waals surface area contributed by atoms with Gasteiger partial charge in [0.05, 0.1) is 5.75 Å². The van der Waals surface area contributed by atoms with Crippen LogP contribution in [0, 0.1) is 32.4 Å². The van der Waals surface area contributed by atoms with E-state index in [0.717, 1.165) is 22.8 Å². The third kappa shape index (κ3) is 3.31. The topological polar surface area (TPSA) is 20.3 Å². The summed E-state index contributed by atoms with van der Waals surface area (Å²) >= 11 is 1.56. The average molecular weight is 347 g/mol. The first kappa shape index (κ1) is 17.0. The van der Waals surface area contributed by atoms with Crippen molar-refractivity contribution in [2.24, 2.45) is 0 Å². The number of aryl methyl sites for hydroxylation is 3. The largest absolute Gasteiger partial charge is 0.321 e. The van der Waals surface area contributed by atoms with Gasteiger partial charge >= 0.3 is 0 Å². The number of hydrogen-bond acceptors (Lipinski definition) is 2. The minimum atomic E-state index is -0.622. The van der Waals surface area contributed by atoms with Crippen LogP contribution in [0.4, 0.5) is 8.78 Å². The molecule has 2 aromatic carbocycles.